The molecule has 0 aliphatic carbocycles. The van der Waals surface area contributed by atoms with E-state index in [0.29, 0.717) is 17.7 Å². The second kappa shape index (κ2) is 10.6. The van der Waals surface area contributed by atoms with Crippen LogP contribution in [0.2, 0.25) is 0 Å². The number of aromatic nitrogens is 2. The summed E-state index contributed by atoms with van der Waals surface area (Å²) in [5.41, 5.74) is 8.21. The number of aromatic amines is 1. The normalized spacial score (nSPS) is 13.8. The van der Waals surface area contributed by atoms with E-state index in [1.165, 1.54) is 0 Å². The van der Waals surface area contributed by atoms with Gasteiger partial charge < -0.3 is 20.5 Å². The third kappa shape index (κ3) is 4.73. The number of amides is 2. The summed E-state index contributed by atoms with van der Waals surface area (Å²) < 4.78 is 0. The SMILES string of the molecule is CCN(CC)CCNC(=O)c1c(C)[nH]c(/C=C2\C(=O)Nc3cc(-c4cccc5ncccc45)ccc32)c1C. The van der Waals surface area contributed by atoms with Gasteiger partial charge in [0, 0.05) is 47.3 Å². The zero-order valence-electron chi connectivity index (χ0n) is 22.3. The lowest BCUT2D eigenvalue weighted by molar-refractivity contribution is -0.110. The predicted molar refractivity (Wildman–Crippen MR) is 154 cm³/mol. The second-order valence-corrected chi connectivity index (χ2v) is 9.59. The third-order valence-corrected chi connectivity index (χ3v) is 7.36. The topological polar surface area (TPSA) is 90.1 Å². The molecule has 0 spiro atoms. The van der Waals surface area contributed by atoms with Crippen molar-refractivity contribution in [3.8, 4) is 11.1 Å². The van der Waals surface area contributed by atoms with Gasteiger partial charge >= 0.3 is 0 Å². The van der Waals surface area contributed by atoms with Crippen LogP contribution in [0.3, 0.4) is 0 Å². The van der Waals surface area contributed by atoms with Gasteiger partial charge in [-0.05, 0) is 67.9 Å². The number of H-pyrrole nitrogens is 1. The number of hydrogen-bond acceptors (Lipinski definition) is 4. The minimum atomic E-state index is -0.159. The molecule has 194 valence electrons. The average Bonchev–Trinajstić information content (AvgIpc) is 3.39. The Balaban J connectivity index is 1.42. The molecule has 2 aromatic heterocycles. The van der Waals surface area contributed by atoms with Gasteiger partial charge in [0.05, 0.1) is 16.7 Å². The number of rotatable bonds is 8. The minimum Gasteiger partial charge on any atom is -0.358 e. The summed E-state index contributed by atoms with van der Waals surface area (Å²) in [5.74, 6) is -0.257. The van der Waals surface area contributed by atoms with Gasteiger partial charge in [-0.3, -0.25) is 14.6 Å². The zero-order valence-corrected chi connectivity index (χ0v) is 22.3. The van der Waals surface area contributed by atoms with Crippen molar-refractivity contribution in [2.24, 2.45) is 0 Å². The molecule has 2 amide bonds. The van der Waals surface area contributed by atoms with Gasteiger partial charge in [-0.1, -0.05) is 44.2 Å². The van der Waals surface area contributed by atoms with Crippen molar-refractivity contribution >= 4 is 40.1 Å². The number of hydrogen-bond donors (Lipinski definition) is 3. The molecule has 2 aromatic carbocycles. The van der Waals surface area contributed by atoms with Crippen LogP contribution in [0.5, 0.6) is 0 Å². The van der Waals surface area contributed by atoms with Crippen molar-refractivity contribution in [1.82, 2.24) is 20.2 Å². The molecule has 0 radical (unpaired) electrons. The van der Waals surface area contributed by atoms with Gasteiger partial charge in [-0.25, -0.2) is 0 Å². The van der Waals surface area contributed by atoms with Crippen molar-refractivity contribution in [3.63, 3.8) is 0 Å². The number of fused-ring (bicyclic) bond motifs is 2. The summed E-state index contributed by atoms with van der Waals surface area (Å²) in [6.07, 6.45) is 3.63. The Kier molecular flexibility index (Phi) is 7.11. The lowest BCUT2D eigenvalue weighted by Gasteiger charge is -2.18. The molecule has 0 atom stereocenters. The molecule has 3 N–H and O–H groups in total. The number of nitrogens with zero attached hydrogens (tertiary/aromatic N) is 2. The van der Waals surface area contributed by atoms with E-state index < -0.39 is 0 Å². The standard InChI is InChI=1S/C31H33N5O2/c1-5-36(6-2)16-15-33-31(38)29-19(3)27(34-20(29)4)18-25-24-13-12-21(17-28(24)35-30(25)37)22-9-7-11-26-23(22)10-8-14-32-26/h7-14,17-18,34H,5-6,15-16H2,1-4H3,(H,33,38)(H,35,37)/b25-18-. The average molecular weight is 508 g/mol. The second-order valence-electron chi connectivity index (χ2n) is 9.59. The van der Waals surface area contributed by atoms with Crippen molar-refractivity contribution in [2.75, 3.05) is 31.5 Å². The number of pyridine rings is 1. The summed E-state index contributed by atoms with van der Waals surface area (Å²) in [4.78, 5) is 36.0. The number of anilines is 1. The van der Waals surface area contributed by atoms with Crippen molar-refractivity contribution in [3.05, 3.63) is 82.8 Å². The Bertz CT molecular complexity index is 1560. The lowest BCUT2D eigenvalue weighted by Crippen LogP contribution is -2.35. The van der Waals surface area contributed by atoms with Crippen molar-refractivity contribution in [1.29, 1.82) is 0 Å². The molecule has 0 bridgehead atoms. The molecule has 0 fully saturated rings. The zero-order chi connectivity index (χ0) is 26.8. The first kappa shape index (κ1) is 25.4. The summed E-state index contributed by atoms with van der Waals surface area (Å²) in [6.45, 7) is 11.4. The monoisotopic (exact) mass is 507 g/mol. The summed E-state index contributed by atoms with van der Waals surface area (Å²) in [7, 11) is 0. The van der Waals surface area contributed by atoms with Crippen LogP contribution in [0.1, 0.15) is 46.7 Å². The van der Waals surface area contributed by atoms with Crippen LogP contribution in [0.4, 0.5) is 5.69 Å². The highest BCUT2D eigenvalue weighted by molar-refractivity contribution is 6.35. The van der Waals surface area contributed by atoms with Crippen molar-refractivity contribution < 1.29 is 9.59 Å². The molecular weight excluding hydrogens is 474 g/mol. The smallest absolute Gasteiger partial charge is 0.256 e. The molecule has 0 unspecified atom stereocenters. The Morgan fingerprint density at radius 3 is 2.66 bits per heavy atom. The number of nitrogens with one attached hydrogen (secondary N) is 3. The molecule has 0 saturated carbocycles. The van der Waals surface area contributed by atoms with E-state index >= 15 is 0 Å². The number of likely N-dealkylation sites (N-methyl/N-ethyl adjacent to an activating group) is 1. The highest BCUT2D eigenvalue weighted by atomic mass is 16.2. The molecule has 5 rings (SSSR count). The Morgan fingerprint density at radius 1 is 1.05 bits per heavy atom. The van der Waals surface area contributed by atoms with Crippen LogP contribution in [0.25, 0.3) is 33.7 Å². The molecule has 1 aliphatic heterocycles. The van der Waals surface area contributed by atoms with E-state index in [9.17, 15) is 9.59 Å². The Labute approximate surface area is 223 Å². The van der Waals surface area contributed by atoms with E-state index in [-0.39, 0.29) is 11.8 Å². The van der Waals surface area contributed by atoms with Crippen LogP contribution >= 0.6 is 0 Å². The molecule has 0 saturated heterocycles. The first-order valence-corrected chi connectivity index (χ1v) is 13.1. The molecule has 7 nitrogen and oxygen atoms in total. The number of aryl methyl sites for hydroxylation is 1. The van der Waals surface area contributed by atoms with Gasteiger partial charge in [0.1, 0.15) is 0 Å². The van der Waals surface area contributed by atoms with Gasteiger partial charge in [0.15, 0.2) is 0 Å². The third-order valence-electron chi connectivity index (χ3n) is 7.36. The fraction of sp³-hybridized carbons (Fsp3) is 0.258. The van der Waals surface area contributed by atoms with Gasteiger partial charge in [-0.15, -0.1) is 0 Å². The highest BCUT2D eigenvalue weighted by Gasteiger charge is 2.26. The summed E-state index contributed by atoms with van der Waals surface area (Å²) in [6, 6.07) is 16.1. The fourth-order valence-electron chi connectivity index (χ4n) is 5.22. The Morgan fingerprint density at radius 2 is 1.87 bits per heavy atom. The van der Waals surface area contributed by atoms with Gasteiger partial charge in [-0.2, -0.15) is 0 Å². The summed E-state index contributed by atoms with van der Waals surface area (Å²) >= 11 is 0. The van der Waals surface area contributed by atoms with Crippen LogP contribution in [-0.4, -0.2) is 52.9 Å². The largest absolute Gasteiger partial charge is 0.358 e. The van der Waals surface area contributed by atoms with Gasteiger partial charge in [0.2, 0.25) is 0 Å². The van der Waals surface area contributed by atoms with E-state index in [1.807, 2.05) is 56.3 Å². The quantitative estimate of drug-likeness (QED) is 0.278. The fourth-order valence-corrected chi connectivity index (χ4v) is 5.22. The van der Waals surface area contributed by atoms with Crippen LogP contribution < -0.4 is 10.6 Å². The maximum Gasteiger partial charge on any atom is 0.256 e. The van der Waals surface area contributed by atoms with Gasteiger partial charge in [0.25, 0.3) is 11.8 Å². The number of benzene rings is 2. The first-order chi connectivity index (χ1) is 18.4. The number of carbonyl (C=O) groups excluding carboxylic acids is 2. The lowest BCUT2D eigenvalue weighted by atomic mass is 9.97. The van der Waals surface area contributed by atoms with Crippen LogP contribution in [-0.2, 0) is 4.79 Å². The molecule has 1 aliphatic rings. The first-order valence-electron chi connectivity index (χ1n) is 13.1. The highest BCUT2D eigenvalue weighted by Crippen LogP contribution is 2.38. The molecule has 3 heterocycles. The molecular formula is C31H33N5O2. The maximum atomic E-state index is 13.0. The molecule has 7 heteroatoms. The maximum absolute atomic E-state index is 13.0. The molecule has 4 aromatic rings. The predicted octanol–water partition coefficient (Wildman–Crippen LogP) is 5.41. The van der Waals surface area contributed by atoms with E-state index in [2.05, 4.69) is 51.5 Å². The van der Waals surface area contributed by atoms with E-state index in [4.69, 9.17) is 0 Å². The summed E-state index contributed by atoms with van der Waals surface area (Å²) in [5, 5.41) is 7.12. The van der Waals surface area contributed by atoms with Crippen LogP contribution in [0.15, 0.2) is 54.7 Å². The van der Waals surface area contributed by atoms with E-state index in [1.54, 1.807) is 6.20 Å². The Hall–Kier alpha value is -4.23. The minimum absolute atomic E-state index is 0.0986. The van der Waals surface area contributed by atoms with E-state index in [0.717, 1.165) is 69.9 Å². The number of carbonyl (C=O) groups is 2. The molecule has 38 heavy (non-hydrogen) atoms. The van der Waals surface area contributed by atoms with Crippen molar-refractivity contribution in [2.45, 2.75) is 27.7 Å². The van der Waals surface area contributed by atoms with Crippen LogP contribution in [0, 0.1) is 13.8 Å².